The molecule has 1 heterocycles. The van der Waals surface area contributed by atoms with E-state index in [4.69, 9.17) is 14.2 Å². The molecule has 8 nitrogen and oxygen atoms in total. The summed E-state index contributed by atoms with van der Waals surface area (Å²) in [6.45, 7) is 8.02. The standard InChI is InChI=1S/C30H34FN3O5/c1-7-14-32-29(36)39-20-10-11-22(26(16-20)37-6)21-12-13-24-27(34(5)28(35)30(3,4)33-24)23(21)17-38-25-15-19(31)9-8-18(25)2/h8-13,15-16,33H,7,14,17H2,1-6H3,(H,32,36). The molecule has 3 aromatic carbocycles. The maximum atomic E-state index is 14.0. The number of nitrogens with zero attached hydrogens (tertiary/aromatic N) is 1. The molecule has 0 saturated carbocycles. The maximum absolute atomic E-state index is 14.0. The van der Waals surface area contributed by atoms with Gasteiger partial charge >= 0.3 is 6.09 Å². The molecule has 0 bridgehead atoms. The highest BCUT2D eigenvalue weighted by Gasteiger charge is 2.38. The van der Waals surface area contributed by atoms with E-state index in [1.165, 1.54) is 19.2 Å². The molecule has 0 atom stereocenters. The summed E-state index contributed by atoms with van der Waals surface area (Å²) in [7, 11) is 3.26. The number of rotatable bonds is 8. The molecule has 0 saturated heterocycles. The van der Waals surface area contributed by atoms with Gasteiger partial charge in [-0.05, 0) is 62.6 Å². The first-order valence-electron chi connectivity index (χ1n) is 12.8. The Kier molecular flexibility index (Phi) is 7.99. The molecule has 0 spiro atoms. The van der Waals surface area contributed by atoms with Crippen LogP contribution in [0.1, 0.15) is 38.3 Å². The second-order valence-corrected chi connectivity index (χ2v) is 9.98. The summed E-state index contributed by atoms with van der Waals surface area (Å²) in [6, 6.07) is 13.3. The number of hydrogen-bond acceptors (Lipinski definition) is 6. The number of carbonyl (C=O) groups is 2. The van der Waals surface area contributed by atoms with Crippen LogP contribution in [0.3, 0.4) is 0 Å². The summed E-state index contributed by atoms with van der Waals surface area (Å²) in [6.07, 6.45) is 0.243. The van der Waals surface area contributed by atoms with E-state index >= 15 is 0 Å². The van der Waals surface area contributed by atoms with Crippen LogP contribution in [0.25, 0.3) is 11.1 Å². The van der Waals surface area contributed by atoms with Crippen molar-refractivity contribution in [1.82, 2.24) is 5.32 Å². The topological polar surface area (TPSA) is 89.1 Å². The maximum Gasteiger partial charge on any atom is 0.412 e. The highest BCUT2D eigenvalue weighted by atomic mass is 19.1. The van der Waals surface area contributed by atoms with Gasteiger partial charge in [0.2, 0.25) is 0 Å². The van der Waals surface area contributed by atoms with E-state index < -0.39 is 17.4 Å². The van der Waals surface area contributed by atoms with Crippen molar-refractivity contribution in [1.29, 1.82) is 0 Å². The number of benzene rings is 3. The van der Waals surface area contributed by atoms with Crippen molar-refractivity contribution in [2.75, 3.05) is 30.9 Å². The number of nitrogens with one attached hydrogen (secondary N) is 2. The van der Waals surface area contributed by atoms with Gasteiger partial charge in [-0.1, -0.05) is 19.1 Å². The fourth-order valence-electron chi connectivity index (χ4n) is 4.64. The van der Waals surface area contributed by atoms with Gasteiger partial charge in [0.1, 0.15) is 35.2 Å². The minimum absolute atomic E-state index is 0.0589. The van der Waals surface area contributed by atoms with E-state index in [0.29, 0.717) is 40.6 Å². The van der Waals surface area contributed by atoms with Crippen molar-refractivity contribution >= 4 is 23.4 Å². The zero-order chi connectivity index (χ0) is 28.3. The smallest absolute Gasteiger partial charge is 0.412 e. The molecular weight excluding hydrogens is 501 g/mol. The second-order valence-electron chi connectivity index (χ2n) is 9.98. The summed E-state index contributed by atoms with van der Waals surface area (Å²) in [5, 5.41) is 6.00. The number of likely N-dealkylation sites (N-methyl/N-ethyl adjacent to an activating group) is 1. The number of methoxy groups -OCH3 is 1. The van der Waals surface area contributed by atoms with Gasteiger partial charge in [-0.25, -0.2) is 9.18 Å². The minimum atomic E-state index is -0.796. The Morgan fingerprint density at radius 2 is 1.82 bits per heavy atom. The molecule has 0 aliphatic carbocycles. The lowest BCUT2D eigenvalue weighted by Crippen LogP contribution is -2.52. The predicted octanol–water partition coefficient (Wildman–Crippen LogP) is 6.05. The quantitative estimate of drug-likeness (QED) is 0.365. The highest BCUT2D eigenvalue weighted by molar-refractivity contribution is 6.08. The monoisotopic (exact) mass is 535 g/mol. The van der Waals surface area contributed by atoms with Crippen molar-refractivity contribution in [3.63, 3.8) is 0 Å². The van der Waals surface area contributed by atoms with Crippen LogP contribution in [0, 0.1) is 12.7 Å². The molecule has 4 rings (SSSR count). The largest absolute Gasteiger partial charge is 0.496 e. The molecule has 3 aromatic rings. The first kappa shape index (κ1) is 27.8. The summed E-state index contributed by atoms with van der Waals surface area (Å²) in [5.74, 6) is 0.694. The summed E-state index contributed by atoms with van der Waals surface area (Å²) in [5.41, 5.74) is 3.59. The van der Waals surface area contributed by atoms with E-state index in [-0.39, 0.29) is 12.5 Å². The molecule has 39 heavy (non-hydrogen) atoms. The van der Waals surface area contributed by atoms with Gasteiger partial charge in [0.15, 0.2) is 0 Å². The molecule has 0 fully saturated rings. The molecule has 0 aromatic heterocycles. The number of aryl methyl sites for hydroxylation is 1. The summed E-state index contributed by atoms with van der Waals surface area (Å²) >= 11 is 0. The number of ether oxygens (including phenoxy) is 3. The molecule has 0 radical (unpaired) electrons. The second kappa shape index (κ2) is 11.2. The Bertz CT molecular complexity index is 1410. The normalized spacial score (nSPS) is 13.8. The Balaban J connectivity index is 1.80. The molecule has 1 aliphatic heterocycles. The van der Waals surface area contributed by atoms with Gasteiger partial charge in [-0.2, -0.15) is 0 Å². The Morgan fingerprint density at radius 3 is 2.54 bits per heavy atom. The van der Waals surface area contributed by atoms with Gasteiger partial charge in [0.05, 0.1) is 18.5 Å². The Labute approximate surface area is 228 Å². The van der Waals surface area contributed by atoms with Crippen LogP contribution in [0.2, 0.25) is 0 Å². The predicted molar refractivity (Wildman–Crippen MR) is 149 cm³/mol. The first-order valence-corrected chi connectivity index (χ1v) is 12.8. The van der Waals surface area contributed by atoms with E-state index in [0.717, 1.165) is 23.2 Å². The fraction of sp³-hybridized carbons (Fsp3) is 0.333. The molecule has 2 amide bonds. The fourth-order valence-corrected chi connectivity index (χ4v) is 4.64. The SMILES string of the molecule is CCCNC(=O)Oc1ccc(-c2ccc3c(c2COc2cc(F)ccc2C)N(C)C(=O)C(C)(C)N3)c(OC)c1. The number of carbonyl (C=O) groups excluding carboxylic acids is 2. The molecular formula is C30H34FN3O5. The summed E-state index contributed by atoms with van der Waals surface area (Å²) in [4.78, 5) is 26.9. The first-order chi connectivity index (χ1) is 18.6. The van der Waals surface area contributed by atoms with Gasteiger partial charge in [-0.3, -0.25) is 4.79 Å². The zero-order valence-electron chi connectivity index (χ0n) is 23.1. The number of halogens is 1. The third kappa shape index (κ3) is 5.77. The lowest BCUT2D eigenvalue weighted by molar-refractivity contribution is -0.121. The van der Waals surface area contributed by atoms with Crippen LogP contribution >= 0.6 is 0 Å². The van der Waals surface area contributed by atoms with Gasteiger partial charge in [0, 0.05) is 36.9 Å². The Morgan fingerprint density at radius 1 is 1.08 bits per heavy atom. The van der Waals surface area contributed by atoms with Crippen LogP contribution in [0.5, 0.6) is 17.2 Å². The van der Waals surface area contributed by atoms with Gasteiger partial charge < -0.3 is 29.7 Å². The van der Waals surface area contributed by atoms with E-state index in [1.54, 1.807) is 36.2 Å². The lowest BCUT2D eigenvalue weighted by atomic mass is 9.91. The third-order valence-electron chi connectivity index (χ3n) is 6.62. The van der Waals surface area contributed by atoms with Crippen LogP contribution in [-0.2, 0) is 11.4 Å². The molecule has 2 N–H and O–H groups in total. The average Bonchev–Trinajstić information content (AvgIpc) is 2.90. The van der Waals surface area contributed by atoms with Crippen molar-refractivity contribution in [2.24, 2.45) is 0 Å². The van der Waals surface area contributed by atoms with Crippen molar-refractivity contribution in [3.05, 3.63) is 65.5 Å². The van der Waals surface area contributed by atoms with Gasteiger partial charge in [0.25, 0.3) is 5.91 Å². The van der Waals surface area contributed by atoms with Gasteiger partial charge in [-0.15, -0.1) is 0 Å². The highest BCUT2D eigenvalue weighted by Crippen LogP contribution is 2.45. The van der Waals surface area contributed by atoms with Crippen LogP contribution in [0.4, 0.5) is 20.6 Å². The Hall–Kier alpha value is -4.27. The third-order valence-corrected chi connectivity index (χ3v) is 6.62. The lowest BCUT2D eigenvalue weighted by Gasteiger charge is -2.39. The number of fused-ring (bicyclic) bond motifs is 1. The molecule has 9 heteroatoms. The van der Waals surface area contributed by atoms with Crippen molar-refractivity contribution in [2.45, 2.75) is 46.3 Å². The molecule has 206 valence electrons. The number of hydrogen-bond donors (Lipinski definition) is 2. The van der Waals surface area contributed by atoms with E-state index in [9.17, 15) is 14.0 Å². The van der Waals surface area contributed by atoms with Crippen molar-refractivity contribution in [3.8, 4) is 28.4 Å². The van der Waals surface area contributed by atoms with Crippen molar-refractivity contribution < 1.29 is 28.2 Å². The average molecular weight is 536 g/mol. The van der Waals surface area contributed by atoms with Crippen LogP contribution < -0.4 is 29.7 Å². The minimum Gasteiger partial charge on any atom is -0.496 e. The zero-order valence-corrected chi connectivity index (χ0v) is 23.1. The molecule has 0 unspecified atom stereocenters. The van der Waals surface area contributed by atoms with E-state index in [1.807, 2.05) is 39.8 Å². The van der Waals surface area contributed by atoms with Crippen LogP contribution in [-0.4, -0.2) is 38.2 Å². The van der Waals surface area contributed by atoms with E-state index in [2.05, 4.69) is 10.6 Å². The number of anilines is 2. The molecule has 1 aliphatic rings. The van der Waals surface area contributed by atoms with Crippen LogP contribution in [0.15, 0.2) is 48.5 Å². The summed E-state index contributed by atoms with van der Waals surface area (Å²) < 4.78 is 31.2. The number of amides is 2.